The predicted octanol–water partition coefficient (Wildman–Crippen LogP) is 4.35. The molecular weight excluding hydrogens is 253 g/mol. The number of halogens is 1. The van der Waals surface area contributed by atoms with Crippen molar-refractivity contribution < 1.29 is 9.18 Å². The number of hydrogen-bond donors (Lipinski definition) is 0. The summed E-state index contributed by atoms with van der Waals surface area (Å²) in [7, 11) is 0. The van der Waals surface area contributed by atoms with E-state index in [4.69, 9.17) is 0 Å². The van der Waals surface area contributed by atoms with Crippen molar-refractivity contribution in [1.82, 2.24) is 0 Å². The van der Waals surface area contributed by atoms with Gasteiger partial charge in [0.15, 0.2) is 5.78 Å². The van der Waals surface area contributed by atoms with Crippen LogP contribution in [-0.4, -0.2) is 5.78 Å². The first kappa shape index (κ1) is 14.2. The van der Waals surface area contributed by atoms with E-state index < -0.39 is 5.92 Å². The quantitative estimate of drug-likeness (QED) is 0.774. The van der Waals surface area contributed by atoms with Crippen LogP contribution in [0.25, 0.3) is 10.8 Å². The van der Waals surface area contributed by atoms with Gasteiger partial charge >= 0.3 is 0 Å². The third-order valence-electron chi connectivity index (χ3n) is 3.32. The molecule has 0 aliphatic carbocycles. The van der Waals surface area contributed by atoms with Gasteiger partial charge in [0.25, 0.3) is 0 Å². The third-order valence-corrected chi connectivity index (χ3v) is 3.32. The van der Waals surface area contributed by atoms with E-state index in [2.05, 4.69) is 6.07 Å². The Kier molecular flexibility index (Phi) is 4.14. The Bertz CT molecular complexity index is 685. The van der Waals surface area contributed by atoms with Crippen LogP contribution < -0.4 is 0 Å². The highest BCUT2D eigenvalue weighted by molar-refractivity contribution is 6.10. The number of hydrogen-bond acceptors (Lipinski definition) is 2. The number of carbonyl (C=O) groups excluding carboxylic acids is 1. The molecule has 2 aromatic carbocycles. The molecule has 2 rings (SSSR count). The Morgan fingerprint density at radius 1 is 1.20 bits per heavy atom. The lowest BCUT2D eigenvalue weighted by Gasteiger charge is -2.12. The van der Waals surface area contributed by atoms with Crippen molar-refractivity contribution in [2.45, 2.75) is 20.3 Å². The summed E-state index contributed by atoms with van der Waals surface area (Å²) in [5, 5.41) is 10.2. The molecule has 0 aliphatic heterocycles. The topological polar surface area (TPSA) is 40.9 Å². The molecule has 0 amide bonds. The van der Waals surface area contributed by atoms with Gasteiger partial charge in [0.05, 0.1) is 6.07 Å². The van der Waals surface area contributed by atoms with Gasteiger partial charge in [0.2, 0.25) is 0 Å². The Labute approximate surface area is 117 Å². The summed E-state index contributed by atoms with van der Waals surface area (Å²) < 4.78 is 13.7. The highest BCUT2D eigenvalue weighted by Gasteiger charge is 2.23. The van der Waals surface area contributed by atoms with Gasteiger partial charge in [-0.05, 0) is 29.9 Å². The van der Waals surface area contributed by atoms with E-state index in [1.165, 1.54) is 12.1 Å². The van der Waals surface area contributed by atoms with Gasteiger partial charge in [-0.25, -0.2) is 4.39 Å². The lowest BCUT2D eigenvalue weighted by Crippen LogP contribution is -2.15. The van der Waals surface area contributed by atoms with Crippen LogP contribution in [-0.2, 0) is 0 Å². The molecular formula is C17H16FNO. The smallest absolute Gasteiger partial charge is 0.180 e. The minimum atomic E-state index is -0.677. The van der Waals surface area contributed by atoms with Crippen LogP contribution in [0.1, 0.15) is 30.6 Å². The third kappa shape index (κ3) is 2.70. The first-order chi connectivity index (χ1) is 9.54. The van der Waals surface area contributed by atoms with E-state index in [9.17, 15) is 14.4 Å². The molecule has 0 saturated heterocycles. The average molecular weight is 269 g/mol. The summed E-state index contributed by atoms with van der Waals surface area (Å²) in [4.78, 5) is 12.5. The van der Waals surface area contributed by atoms with E-state index in [0.717, 1.165) is 0 Å². The second-order valence-electron chi connectivity index (χ2n) is 5.32. The average Bonchev–Trinajstić information content (AvgIpc) is 2.44. The number of carbonyl (C=O) groups is 1. The van der Waals surface area contributed by atoms with Crippen molar-refractivity contribution in [3.05, 3.63) is 47.8 Å². The van der Waals surface area contributed by atoms with Gasteiger partial charge in [0.1, 0.15) is 11.7 Å². The zero-order valence-electron chi connectivity index (χ0n) is 11.6. The summed E-state index contributed by atoms with van der Waals surface area (Å²) in [6.07, 6.45) is 0.515. The molecule has 0 aromatic heterocycles. The van der Waals surface area contributed by atoms with E-state index in [-0.39, 0.29) is 17.5 Å². The summed E-state index contributed by atoms with van der Waals surface area (Å²) in [5.74, 6) is -0.994. The van der Waals surface area contributed by atoms with Crippen LogP contribution in [0.4, 0.5) is 4.39 Å². The largest absolute Gasteiger partial charge is 0.293 e. The first-order valence-electron chi connectivity index (χ1n) is 6.65. The molecule has 3 heteroatoms. The van der Waals surface area contributed by atoms with E-state index in [0.29, 0.717) is 22.8 Å². The van der Waals surface area contributed by atoms with Crippen LogP contribution in [0.5, 0.6) is 0 Å². The maximum atomic E-state index is 13.7. The number of nitrogens with zero attached hydrogens (tertiary/aromatic N) is 1. The second-order valence-corrected chi connectivity index (χ2v) is 5.32. The van der Waals surface area contributed by atoms with Crippen molar-refractivity contribution in [2.24, 2.45) is 11.8 Å². The first-order valence-corrected chi connectivity index (χ1v) is 6.65. The molecule has 0 saturated carbocycles. The number of rotatable bonds is 4. The summed E-state index contributed by atoms with van der Waals surface area (Å²) >= 11 is 0. The fourth-order valence-corrected chi connectivity index (χ4v) is 2.35. The highest BCUT2D eigenvalue weighted by Crippen LogP contribution is 2.25. The molecule has 20 heavy (non-hydrogen) atoms. The van der Waals surface area contributed by atoms with Crippen LogP contribution in [0.15, 0.2) is 36.4 Å². The zero-order valence-corrected chi connectivity index (χ0v) is 11.6. The zero-order chi connectivity index (χ0) is 14.7. The molecule has 1 atom stereocenters. The van der Waals surface area contributed by atoms with Crippen LogP contribution >= 0.6 is 0 Å². The predicted molar refractivity (Wildman–Crippen MR) is 76.8 cm³/mol. The molecule has 0 bridgehead atoms. The van der Waals surface area contributed by atoms with E-state index >= 15 is 0 Å². The fraction of sp³-hybridized carbons (Fsp3) is 0.294. The SMILES string of the molecule is CC(C)CC(C#N)C(=O)c1ccc(F)c2ccccc12. The fourth-order valence-electron chi connectivity index (χ4n) is 2.35. The van der Waals surface area contributed by atoms with Crippen molar-refractivity contribution in [3.8, 4) is 6.07 Å². The van der Waals surface area contributed by atoms with Crippen LogP contribution in [0.3, 0.4) is 0 Å². The minimum absolute atomic E-state index is 0.225. The van der Waals surface area contributed by atoms with Gasteiger partial charge in [-0.1, -0.05) is 38.1 Å². The molecule has 2 nitrogen and oxygen atoms in total. The Balaban J connectivity index is 2.50. The lowest BCUT2D eigenvalue weighted by atomic mass is 9.89. The molecule has 1 unspecified atom stereocenters. The summed E-state index contributed by atoms with van der Waals surface area (Å²) in [6, 6.07) is 11.7. The summed E-state index contributed by atoms with van der Waals surface area (Å²) in [5.41, 5.74) is 0.425. The molecule has 0 radical (unpaired) electrons. The number of nitriles is 1. The molecule has 102 valence electrons. The second kappa shape index (κ2) is 5.83. The Hall–Kier alpha value is -2.21. The van der Waals surface area contributed by atoms with E-state index in [1.807, 2.05) is 13.8 Å². The van der Waals surface area contributed by atoms with Gasteiger partial charge in [-0.15, -0.1) is 0 Å². The van der Waals surface area contributed by atoms with E-state index in [1.54, 1.807) is 24.3 Å². The monoisotopic (exact) mass is 269 g/mol. The lowest BCUT2D eigenvalue weighted by molar-refractivity contribution is 0.0938. The molecule has 2 aromatic rings. The van der Waals surface area contributed by atoms with Crippen molar-refractivity contribution >= 4 is 16.6 Å². The number of ketones is 1. The van der Waals surface area contributed by atoms with Crippen LogP contribution in [0, 0.1) is 29.0 Å². The molecule has 0 N–H and O–H groups in total. The number of fused-ring (bicyclic) bond motifs is 1. The van der Waals surface area contributed by atoms with Crippen molar-refractivity contribution in [1.29, 1.82) is 5.26 Å². The minimum Gasteiger partial charge on any atom is -0.293 e. The van der Waals surface area contributed by atoms with Gasteiger partial charge in [0, 0.05) is 10.9 Å². The highest BCUT2D eigenvalue weighted by atomic mass is 19.1. The number of Topliss-reactive ketones (excluding diaryl/α,β-unsaturated/α-hetero) is 1. The molecule has 0 heterocycles. The maximum absolute atomic E-state index is 13.7. The van der Waals surface area contributed by atoms with Crippen molar-refractivity contribution in [3.63, 3.8) is 0 Å². The van der Waals surface area contributed by atoms with Crippen molar-refractivity contribution in [2.75, 3.05) is 0 Å². The standard InChI is InChI=1S/C17H16FNO/c1-11(2)9-12(10-19)17(20)15-7-8-16(18)14-6-4-3-5-13(14)15/h3-8,11-12H,9H2,1-2H3. The Morgan fingerprint density at radius 3 is 2.45 bits per heavy atom. The molecule has 0 fully saturated rings. The molecule has 0 aliphatic rings. The normalized spacial score (nSPS) is 12.3. The van der Waals surface area contributed by atoms with Gasteiger partial charge in [-0.3, -0.25) is 4.79 Å². The van der Waals surface area contributed by atoms with Gasteiger partial charge in [-0.2, -0.15) is 5.26 Å². The maximum Gasteiger partial charge on any atom is 0.180 e. The summed E-state index contributed by atoms with van der Waals surface area (Å²) in [6.45, 7) is 3.95. The van der Waals surface area contributed by atoms with Crippen LogP contribution in [0.2, 0.25) is 0 Å². The Morgan fingerprint density at radius 2 is 1.85 bits per heavy atom. The number of benzene rings is 2. The molecule has 0 spiro atoms. The van der Waals surface area contributed by atoms with Gasteiger partial charge < -0.3 is 0 Å².